The zero-order valence-electron chi connectivity index (χ0n) is 12.4. The minimum absolute atomic E-state index is 0.00922. The van der Waals surface area contributed by atoms with Crippen molar-refractivity contribution in [1.29, 1.82) is 0 Å². The third kappa shape index (κ3) is 4.44. The number of rotatable bonds is 6. The van der Waals surface area contributed by atoms with Crippen LogP contribution in [0.25, 0.3) is 0 Å². The molecule has 1 N–H and O–H groups in total. The predicted octanol–water partition coefficient (Wildman–Crippen LogP) is 4.23. The van der Waals surface area contributed by atoms with E-state index in [1.165, 1.54) is 0 Å². The molecule has 0 aliphatic rings. The zero-order valence-corrected chi connectivity index (χ0v) is 13.2. The predicted molar refractivity (Wildman–Crippen MR) is 84.5 cm³/mol. The molecule has 112 valence electrons. The normalized spacial score (nSPS) is 10.9. The van der Waals surface area contributed by atoms with E-state index in [0.29, 0.717) is 23.9 Å². The summed E-state index contributed by atoms with van der Waals surface area (Å²) in [6.07, 6.45) is 3.56. The number of nitrogens with one attached hydrogen (secondary N) is 1. The summed E-state index contributed by atoms with van der Waals surface area (Å²) in [6, 6.07) is 9.44. The molecule has 3 nitrogen and oxygen atoms in total. The van der Waals surface area contributed by atoms with E-state index < -0.39 is 5.82 Å². The molecule has 0 bridgehead atoms. The van der Waals surface area contributed by atoms with Gasteiger partial charge in [0.25, 0.3) is 5.88 Å². The van der Waals surface area contributed by atoms with E-state index in [-0.39, 0.29) is 5.88 Å². The van der Waals surface area contributed by atoms with Crippen LogP contribution in [0.2, 0.25) is 0 Å². The first kappa shape index (κ1) is 15.8. The molecule has 0 amide bonds. The fourth-order valence-electron chi connectivity index (χ4n) is 1.74. The first-order chi connectivity index (χ1) is 10.1. The Morgan fingerprint density at radius 3 is 2.57 bits per heavy atom. The van der Waals surface area contributed by atoms with Crippen LogP contribution in [0.5, 0.6) is 11.6 Å². The smallest absolute Gasteiger partial charge is 0.256 e. The molecule has 0 saturated carbocycles. The number of benzene rings is 1. The lowest BCUT2D eigenvalue weighted by atomic mass is 10.2. The fourth-order valence-corrected chi connectivity index (χ4v) is 2.15. The zero-order chi connectivity index (χ0) is 15.2. The van der Waals surface area contributed by atoms with Crippen molar-refractivity contribution in [3.8, 4) is 11.6 Å². The number of aromatic nitrogens is 1. The highest BCUT2D eigenvalue weighted by Gasteiger charge is 2.12. The van der Waals surface area contributed by atoms with E-state index in [2.05, 4.69) is 10.3 Å². The van der Waals surface area contributed by atoms with Gasteiger partial charge in [-0.3, -0.25) is 0 Å². The Labute approximate surface area is 128 Å². The van der Waals surface area contributed by atoms with Gasteiger partial charge in [0.05, 0.1) is 0 Å². The molecule has 2 aromatic rings. The standard InChI is InChI=1S/C16H19FN2OS/c1-11(2)19-10-12-8-9-18-16(15(12)17)20-13-4-6-14(21-3)7-5-13/h4-9,11,19H,10H2,1-3H3. The minimum Gasteiger partial charge on any atom is -0.436 e. The van der Waals surface area contributed by atoms with Crippen LogP contribution >= 0.6 is 11.8 Å². The van der Waals surface area contributed by atoms with Gasteiger partial charge in [-0.05, 0) is 36.6 Å². The maximum atomic E-state index is 14.3. The molecule has 1 aromatic carbocycles. The third-order valence-corrected chi connectivity index (χ3v) is 3.66. The molecule has 2 rings (SSSR count). The van der Waals surface area contributed by atoms with Gasteiger partial charge in [0.1, 0.15) is 5.75 Å². The molecule has 0 unspecified atom stereocenters. The summed E-state index contributed by atoms with van der Waals surface area (Å²) in [5, 5.41) is 3.18. The second-order valence-corrected chi connectivity index (χ2v) is 5.78. The van der Waals surface area contributed by atoms with Crippen molar-refractivity contribution >= 4 is 11.8 Å². The Hall–Kier alpha value is -1.59. The summed E-state index contributed by atoms with van der Waals surface area (Å²) in [4.78, 5) is 5.10. The molecule has 1 heterocycles. The lowest BCUT2D eigenvalue weighted by molar-refractivity contribution is 0.416. The average molecular weight is 306 g/mol. The van der Waals surface area contributed by atoms with Crippen LogP contribution in [0.1, 0.15) is 19.4 Å². The number of nitrogens with zero attached hydrogens (tertiary/aromatic N) is 1. The molecule has 0 aliphatic heterocycles. The van der Waals surface area contributed by atoms with Gasteiger partial charge in [0.2, 0.25) is 0 Å². The molecule has 1 aromatic heterocycles. The van der Waals surface area contributed by atoms with E-state index in [9.17, 15) is 4.39 Å². The molecule has 0 fully saturated rings. The SMILES string of the molecule is CSc1ccc(Oc2nccc(CNC(C)C)c2F)cc1. The van der Waals surface area contributed by atoms with E-state index in [1.54, 1.807) is 24.0 Å². The van der Waals surface area contributed by atoms with Crippen molar-refractivity contribution in [3.63, 3.8) is 0 Å². The summed E-state index contributed by atoms with van der Waals surface area (Å²) < 4.78 is 19.9. The van der Waals surface area contributed by atoms with Crippen molar-refractivity contribution in [3.05, 3.63) is 47.9 Å². The Morgan fingerprint density at radius 1 is 1.24 bits per heavy atom. The first-order valence-electron chi connectivity index (χ1n) is 6.79. The van der Waals surface area contributed by atoms with Crippen molar-refractivity contribution < 1.29 is 9.13 Å². The highest BCUT2D eigenvalue weighted by atomic mass is 32.2. The van der Waals surface area contributed by atoms with E-state index in [0.717, 1.165) is 4.90 Å². The number of halogens is 1. The average Bonchev–Trinajstić information content (AvgIpc) is 2.49. The fraction of sp³-hybridized carbons (Fsp3) is 0.312. The van der Waals surface area contributed by atoms with Gasteiger partial charge in [-0.2, -0.15) is 0 Å². The highest BCUT2D eigenvalue weighted by Crippen LogP contribution is 2.26. The van der Waals surface area contributed by atoms with Crippen LogP contribution in [0.4, 0.5) is 4.39 Å². The van der Waals surface area contributed by atoms with E-state index >= 15 is 0 Å². The maximum Gasteiger partial charge on any atom is 0.256 e. The van der Waals surface area contributed by atoms with Gasteiger partial charge < -0.3 is 10.1 Å². The molecule has 0 atom stereocenters. The second-order valence-electron chi connectivity index (χ2n) is 4.90. The quantitative estimate of drug-likeness (QED) is 0.810. The van der Waals surface area contributed by atoms with Gasteiger partial charge in [0.15, 0.2) is 5.82 Å². The second kappa shape index (κ2) is 7.43. The Balaban J connectivity index is 2.13. The van der Waals surface area contributed by atoms with Gasteiger partial charge in [0, 0.05) is 29.2 Å². The molecule has 21 heavy (non-hydrogen) atoms. The van der Waals surface area contributed by atoms with E-state index in [4.69, 9.17) is 4.74 Å². The lowest BCUT2D eigenvalue weighted by Crippen LogP contribution is -2.22. The topological polar surface area (TPSA) is 34.1 Å². The van der Waals surface area contributed by atoms with Crippen molar-refractivity contribution in [2.24, 2.45) is 0 Å². The summed E-state index contributed by atoms with van der Waals surface area (Å²) in [6.45, 7) is 4.49. The molecule has 5 heteroatoms. The Kier molecular flexibility index (Phi) is 5.59. The maximum absolute atomic E-state index is 14.3. The minimum atomic E-state index is -0.417. The van der Waals surface area contributed by atoms with Crippen LogP contribution in [-0.2, 0) is 6.54 Å². The molecule has 0 saturated heterocycles. The Bertz CT molecular complexity index is 587. The van der Waals surface area contributed by atoms with Crippen LogP contribution in [-0.4, -0.2) is 17.3 Å². The molecular formula is C16H19FN2OS. The van der Waals surface area contributed by atoms with Crippen LogP contribution < -0.4 is 10.1 Å². The summed E-state index contributed by atoms with van der Waals surface area (Å²) in [7, 11) is 0. The first-order valence-corrected chi connectivity index (χ1v) is 8.01. The van der Waals surface area contributed by atoms with Crippen molar-refractivity contribution in [1.82, 2.24) is 10.3 Å². The lowest BCUT2D eigenvalue weighted by Gasteiger charge is -2.11. The summed E-state index contributed by atoms with van der Waals surface area (Å²) in [5.74, 6) is 0.169. The number of ether oxygens (including phenoxy) is 1. The van der Waals surface area contributed by atoms with Crippen LogP contribution in [0.15, 0.2) is 41.4 Å². The van der Waals surface area contributed by atoms with Crippen molar-refractivity contribution in [2.75, 3.05) is 6.26 Å². The van der Waals surface area contributed by atoms with E-state index in [1.807, 2.05) is 44.4 Å². The summed E-state index contributed by atoms with van der Waals surface area (Å²) >= 11 is 1.65. The van der Waals surface area contributed by atoms with Gasteiger partial charge >= 0.3 is 0 Å². The molecular weight excluding hydrogens is 287 g/mol. The molecule has 0 aliphatic carbocycles. The number of thioether (sulfide) groups is 1. The number of hydrogen-bond acceptors (Lipinski definition) is 4. The number of hydrogen-bond donors (Lipinski definition) is 1. The molecule has 0 spiro atoms. The Morgan fingerprint density at radius 2 is 1.95 bits per heavy atom. The van der Waals surface area contributed by atoms with Crippen molar-refractivity contribution in [2.45, 2.75) is 31.3 Å². The molecule has 0 radical (unpaired) electrons. The van der Waals surface area contributed by atoms with Crippen LogP contribution in [0, 0.1) is 5.82 Å². The van der Waals surface area contributed by atoms with Gasteiger partial charge in [-0.1, -0.05) is 13.8 Å². The van der Waals surface area contributed by atoms with Gasteiger partial charge in [-0.25, -0.2) is 9.37 Å². The highest BCUT2D eigenvalue weighted by molar-refractivity contribution is 7.98. The number of pyridine rings is 1. The summed E-state index contributed by atoms with van der Waals surface area (Å²) in [5.41, 5.74) is 0.550. The van der Waals surface area contributed by atoms with Gasteiger partial charge in [-0.15, -0.1) is 11.8 Å². The van der Waals surface area contributed by atoms with Crippen LogP contribution in [0.3, 0.4) is 0 Å². The monoisotopic (exact) mass is 306 g/mol. The third-order valence-electron chi connectivity index (χ3n) is 2.91. The largest absolute Gasteiger partial charge is 0.436 e.